The molecule has 0 aliphatic carbocycles. The summed E-state index contributed by atoms with van der Waals surface area (Å²) < 4.78 is 15.9. The maximum atomic E-state index is 11.7. The number of aryl methyl sites for hydroxylation is 1. The molecule has 4 nitrogen and oxygen atoms in total. The largest absolute Gasteiger partial charge is 0.493 e. The third-order valence-corrected chi connectivity index (χ3v) is 2.91. The van der Waals surface area contributed by atoms with Crippen LogP contribution in [0.2, 0.25) is 0 Å². The minimum Gasteiger partial charge on any atom is -0.493 e. The van der Waals surface area contributed by atoms with Gasteiger partial charge in [-0.1, -0.05) is 13.5 Å². The van der Waals surface area contributed by atoms with Gasteiger partial charge in [0, 0.05) is 5.57 Å². The average molecular weight is 264 g/mol. The number of esters is 1. The predicted molar refractivity (Wildman–Crippen MR) is 74.1 cm³/mol. The molecule has 1 aromatic rings. The number of ether oxygens (including phenoxy) is 3. The number of hydrogen-bond acceptors (Lipinski definition) is 4. The zero-order valence-electron chi connectivity index (χ0n) is 12.1. The molecule has 0 saturated carbocycles. The number of methoxy groups -OCH3 is 2. The van der Waals surface area contributed by atoms with Crippen LogP contribution in [-0.4, -0.2) is 20.2 Å². The van der Waals surface area contributed by atoms with Crippen LogP contribution in [0, 0.1) is 6.92 Å². The van der Waals surface area contributed by atoms with Gasteiger partial charge in [-0.15, -0.1) is 0 Å². The second-order valence-electron chi connectivity index (χ2n) is 4.25. The highest BCUT2D eigenvalue weighted by atomic mass is 16.6. The van der Waals surface area contributed by atoms with E-state index in [9.17, 15) is 4.79 Å². The van der Waals surface area contributed by atoms with Gasteiger partial charge in [0.25, 0.3) is 0 Å². The van der Waals surface area contributed by atoms with Crippen molar-refractivity contribution < 1.29 is 19.0 Å². The molecule has 0 fully saturated rings. The molecule has 0 unspecified atom stereocenters. The molecule has 0 aromatic heterocycles. The number of carbonyl (C=O) groups is 1. The summed E-state index contributed by atoms with van der Waals surface area (Å²) in [5.74, 6) is 0.799. The molecule has 0 atom stereocenters. The van der Waals surface area contributed by atoms with E-state index in [0.29, 0.717) is 22.8 Å². The summed E-state index contributed by atoms with van der Waals surface area (Å²) in [6, 6.07) is 1.86. The summed E-state index contributed by atoms with van der Waals surface area (Å²) in [5, 5.41) is 0. The smallest absolute Gasteiger partial charge is 0.338 e. The first-order valence-corrected chi connectivity index (χ1v) is 6.08. The first kappa shape index (κ1) is 15.1. The number of rotatable bonds is 5. The zero-order chi connectivity index (χ0) is 14.6. The monoisotopic (exact) mass is 264 g/mol. The molecule has 1 aromatic carbocycles. The molecule has 0 radical (unpaired) electrons. The van der Waals surface area contributed by atoms with Crippen LogP contribution in [0.25, 0.3) is 0 Å². The Morgan fingerprint density at radius 2 is 1.89 bits per heavy atom. The van der Waals surface area contributed by atoms with Crippen molar-refractivity contribution in [3.05, 3.63) is 29.3 Å². The molecule has 0 saturated heterocycles. The molecule has 0 spiro atoms. The highest BCUT2D eigenvalue weighted by Crippen LogP contribution is 2.42. The Balaban J connectivity index is 3.39. The lowest BCUT2D eigenvalue weighted by molar-refractivity contribution is -0.130. The fraction of sp³-hybridized carbons (Fsp3) is 0.400. The summed E-state index contributed by atoms with van der Waals surface area (Å²) in [6.45, 7) is 9.12. The predicted octanol–water partition coefficient (Wildman–Crippen LogP) is 3.06. The van der Waals surface area contributed by atoms with Gasteiger partial charge in [-0.3, -0.25) is 0 Å². The van der Waals surface area contributed by atoms with E-state index in [1.165, 1.54) is 7.11 Å². The van der Waals surface area contributed by atoms with Gasteiger partial charge in [0.15, 0.2) is 11.5 Å². The second kappa shape index (κ2) is 6.27. The van der Waals surface area contributed by atoms with Crippen molar-refractivity contribution >= 4 is 5.97 Å². The Hall–Kier alpha value is -1.97. The standard InChI is InChI=1S/C15H20O4/c1-7-11-8-12(17-5)14(13(18-6)10(11)4)19-15(16)9(2)3/h8H,2,7H2,1,3-6H3. The Morgan fingerprint density at radius 3 is 2.32 bits per heavy atom. The van der Waals surface area contributed by atoms with E-state index in [2.05, 4.69) is 6.58 Å². The highest BCUT2D eigenvalue weighted by Gasteiger charge is 2.20. The summed E-state index contributed by atoms with van der Waals surface area (Å²) in [6.07, 6.45) is 0.841. The molecular weight excluding hydrogens is 244 g/mol. The van der Waals surface area contributed by atoms with E-state index in [1.54, 1.807) is 14.0 Å². The van der Waals surface area contributed by atoms with Gasteiger partial charge in [0.1, 0.15) is 0 Å². The average Bonchev–Trinajstić information content (AvgIpc) is 2.39. The van der Waals surface area contributed by atoms with E-state index in [1.807, 2.05) is 19.9 Å². The molecule has 0 bridgehead atoms. The van der Waals surface area contributed by atoms with Gasteiger partial charge in [-0.2, -0.15) is 0 Å². The minimum absolute atomic E-state index is 0.299. The van der Waals surface area contributed by atoms with Crippen molar-refractivity contribution in [3.63, 3.8) is 0 Å². The molecule has 1 rings (SSSR count). The van der Waals surface area contributed by atoms with Gasteiger partial charge >= 0.3 is 5.97 Å². The fourth-order valence-corrected chi connectivity index (χ4v) is 1.80. The number of hydrogen-bond donors (Lipinski definition) is 0. The van der Waals surface area contributed by atoms with Crippen molar-refractivity contribution in [2.75, 3.05) is 14.2 Å². The van der Waals surface area contributed by atoms with Gasteiger partial charge in [-0.05, 0) is 37.5 Å². The van der Waals surface area contributed by atoms with Crippen LogP contribution in [0.4, 0.5) is 0 Å². The van der Waals surface area contributed by atoms with Gasteiger partial charge in [0.05, 0.1) is 14.2 Å². The van der Waals surface area contributed by atoms with Gasteiger partial charge in [0.2, 0.25) is 5.75 Å². The van der Waals surface area contributed by atoms with Crippen LogP contribution < -0.4 is 14.2 Å². The number of benzene rings is 1. The molecule has 0 aliphatic heterocycles. The highest BCUT2D eigenvalue weighted by molar-refractivity contribution is 5.89. The molecule has 104 valence electrons. The van der Waals surface area contributed by atoms with E-state index < -0.39 is 5.97 Å². The van der Waals surface area contributed by atoms with Crippen molar-refractivity contribution in [3.8, 4) is 17.2 Å². The van der Waals surface area contributed by atoms with Crippen LogP contribution >= 0.6 is 0 Å². The summed E-state index contributed by atoms with van der Waals surface area (Å²) in [5.41, 5.74) is 2.35. The van der Waals surface area contributed by atoms with Crippen LogP contribution in [0.3, 0.4) is 0 Å². The van der Waals surface area contributed by atoms with Crippen LogP contribution in [0.15, 0.2) is 18.2 Å². The Bertz CT molecular complexity index is 503. The molecular formula is C15H20O4. The SMILES string of the molecule is C=C(C)C(=O)Oc1c(OC)cc(CC)c(C)c1OC. The Morgan fingerprint density at radius 1 is 1.26 bits per heavy atom. The zero-order valence-corrected chi connectivity index (χ0v) is 12.1. The van der Waals surface area contributed by atoms with E-state index in [0.717, 1.165) is 17.5 Å². The lowest BCUT2D eigenvalue weighted by Gasteiger charge is -2.17. The molecule has 4 heteroatoms. The van der Waals surface area contributed by atoms with Crippen molar-refractivity contribution in [1.29, 1.82) is 0 Å². The Kier molecular flexibility index (Phi) is 4.98. The first-order valence-electron chi connectivity index (χ1n) is 6.08. The minimum atomic E-state index is -0.500. The summed E-state index contributed by atoms with van der Waals surface area (Å²) in [4.78, 5) is 11.7. The van der Waals surface area contributed by atoms with E-state index >= 15 is 0 Å². The van der Waals surface area contributed by atoms with Gasteiger partial charge in [-0.25, -0.2) is 4.79 Å². The first-order chi connectivity index (χ1) is 8.96. The molecule has 0 aliphatic rings. The molecule has 0 heterocycles. The number of carbonyl (C=O) groups excluding carboxylic acids is 1. The van der Waals surface area contributed by atoms with Crippen LogP contribution in [0.1, 0.15) is 25.0 Å². The van der Waals surface area contributed by atoms with E-state index in [4.69, 9.17) is 14.2 Å². The normalized spacial score (nSPS) is 9.95. The van der Waals surface area contributed by atoms with Crippen LogP contribution in [-0.2, 0) is 11.2 Å². The van der Waals surface area contributed by atoms with Gasteiger partial charge < -0.3 is 14.2 Å². The molecule has 0 N–H and O–H groups in total. The molecule has 0 amide bonds. The Labute approximate surface area is 114 Å². The lowest BCUT2D eigenvalue weighted by atomic mass is 10.0. The van der Waals surface area contributed by atoms with Crippen molar-refractivity contribution in [2.45, 2.75) is 27.2 Å². The van der Waals surface area contributed by atoms with Crippen molar-refractivity contribution in [2.24, 2.45) is 0 Å². The maximum absolute atomic E-state index is 11.7. The lowest BCUT2D eigenvalue weighted by Crippen LogP contribution is -2.11. The maximum Gasteiger partial charge on any atom is 0.338 e. The fourth-order valence-electron chi connectivity index (χ4n) is 1.80. The third-order valence-electron chi connectivity index (χ3n) is 2.91. The van der Waals surface area contributed by atoms with Crippen LogP contribution in [0.5, 0.6) is 17.2 Å². The topological polar surface area (TPSA) is 44.8 Å². The summed E-state index contributed by atoms with van der Waals surface area (Å²) >= 11 is 0. The second-order valence-corrected chi connectivity index (χ2v) is 4.25. The molecule has 19 heavy (non-hydrogen) atoms. The van der Waals surface area contributed by atoms with E-state index in [-0.39, 0.29) is 0 Å². The third kappa shape index (κ3) is 3.08. The quantitative estimate of drug-likeness (QED) is 0.466. The summed E-state index contributed by atoms with van der Waals surface area (Å²) in [7, 11) is 3.07. The van der Waals surface area contributed by atoms with Crippen molar-refractivity contribution in [1.82, 2.24) is 0 Å².